The van der Waals surface area contributed by atoms with E-state index in [1.165, 1.54) is 11.8 Å². The smallest absolute Gasteiger partial charge is 0.234 e. The predicted octanol–water partition coefficient (Wildman–Crippen LogP) is 4.19. The summed E-state index contributed by atoms with van der Waals surface area (Å²) in [6.07, 6.45) is 0. The van der Waals surface area contributed by atoms with E-state index in [1.54, 1.807) is 55.1 Å². The van der Waals surface area contributed by atoms with E-state index in [0.717, 1.165) is 5.56 Å². The van der Waals surface area contributed by atoms with Crippen molar-refractivity contribution in [3.8, 4) is 22.9 Å². The highest BCUT2D eigenvalue weighted by atomic mass is 35.5. The summed E-state index contributed by atoms with van der Waals surface area (Å²) < 4.78 is 12.3. The number of ether oxygens (including phenoxy) is 2. The number of amides is 1. The number of hydrogen-bond donors (Lipinski definition) is 1. The van der Waals surface area contributed by atoms with E-state index in [9.17, 15) is 4.79 Å². The number of anilines is 1. The second-order valence-corrected chi connectivity index (χ2v) is 7.81. The van der Waals surface area contributed by atoms with Crippen LogP contribution in [0.2, 0.25) is 5.02 Å². The second-order valence-electron chi connectivity index (χ2n) is 6.38. The maximum atomic E-state index is 12.3. The van der Waals surface area contributed by atoms with Gasteiger partial charge in [-0.2, -0.15) is 9.61 Å². The maximum absolute atomic E-state index is 12.3. The third-order valence-electron chi connectivity index (χ3n) is 4.34. The Hall–Kier alpha value is -3.30. The van der Waals surface area contributed by atoms with Crippen LogP contribution in [-0.4, -0.2) is 45.7 Å². The van der Waals surface area contributed by atoms with Gasteiger partial charge in [-0.1, -0.05) is 29.4 Å². The van der Waals surface area contributed by atoms with Crippen LogP contribution in [-0.2, 0) is 4.79 Å². The summed E-state index contributed by atoms with van der Waals surface area (Å²) in [5, 5.41) is 17.0. The number of rotatable bonds is 7. The molecule has 0 aliphatic heterocycles. The molecule has 2 heterocycles. The molecule has 0 saturated heterocycles. The molecule has 0 spiro atoms. The maximum Gasteiger partial charge on any atom is 0.234 e. The minimum Gasteiger partial charge on any atom is -0.493 e. The predicted molar refractivity (Wildman–Crippen MR) is 120 cm³/mol. The third-order valence-corrected chi connectivity index (χ3v) is 5.49. The molecular formula is C21H18ClN5O3S. The van der Waals surface area contributed by atoms with Crippen LogP contribution in [0.5, 0.6) is 11.5 Å². The first-order valence-electron chi connectivity index (χ1n) is 9.20. The third kappa shape index (κ3) is 4.73. The van der Waals surface area contributed by atoms with Gasteiger partial charge in [0.2, 0.25) is 5.91 Å². The Morgan fingerprint density at radius 3 is 2.68 bits per heavy atom. The summed E-state index contributed by atoms with van der Waals surface area (Å²) in [5.41, 5.74) is 2.02. The molecule has 0 saturated carbocycles. The fraction of sp³-hybridized carbons (Fsp3) is 0.143. The van der Waals surface area contributed by atoms with Gasteiger partial charge in [0, 0.05) is 16.3 Å². The molecule has 0 radical (unpaired) electrons. The van der Waals surface area contributed by atoms with Gasteiger partial charge in [0.05, 0.1) is 20.0 Å². The van der Waals surface area contributed by atoms with Crippen LogP contribution >= 0.6 is 23.4 Å². The van der Waals surface area contributed by atoms with Crippen LogP contribution in [0, 0.1) is 0 Å². The number of carbonyl (C=O) groups is 1. The van der Waals surface area contributed by atoms with Crippen molar-refractivity contribution >= 4 is 40.6 Å². The number of benzene rings is 2. The second kappa shape index (κ2) is 9.23. The Kier molecular flexibility index (Phi) is 6.24. The molecule has 1 amide bonds. The standard InChI is InChI=1S/C21H18ClN5O3S/c1-29-16-7-6-13(10-17(16)30-2)21-25-24-18-8-9-20(26-27(18)21)31-12-19(28)23-15-5-3-4-14(22)11-15/h3-11H,12H2,1-2H3,(H,23,28). The van der Waals surface area contributed by atoms with Crippen LogP contribution in [0.25, 0.3) is 17.0 Å². The van der Waals surface area contributed by atoms with Crippen molar-refractivity contribution in [3.63, 3.8) is 0 Å². The number of halogens is 1. The lowest BCUT2D eigenvalue weighted by atomic mass is 10.2. The van der Waals surface area contributed by atoms with E-state index in [4.69, 9.17) is 21.1 Å². The Labute approximate surface area is 187 Å². The molecule has 0 aliphatic carbocycles. The van der Waals surface area contributed by atoms with E-state index < -0.39 is 0 Å². The first-order valence-corrected chi connectivity index (χ1v) is 10.6. The number of aromatic nitrogens is 4. The number of carbonyl (C=O) groups excluding carboxylic acids is 1. The van der Waals surface area contributed by atoms with Gasteiger partial charge in [-0.15, -0.1) is 10.2 Å². The molecule has 2 aromatic carbocycles. The molecule has 158 valence electrons. The zero-order valence-electron chi connectivity index (χ0n) is 16.7. The van der Waals surface area contributed by atoms with Gasteiger partial charge in [-0.25, -0.2) is 0 Å². The summed E-state index contributed by atoms with van der Waals surface area (Å²) >= 11 is 7.26. The molecule has 0 fully saturated rings. The number of fused-ring (bicyclic) bond motifs is 1. The zero-order chi connectivity index (χ0) is 21.8. The minimum absolute atomic E-state index is 0.155. The lowest BCUT2D eigenvalue weighted by Gasteiger charge is -2.09. The quantitative estimate of drug-likeness (QED) is 0.418. The van der Waals surface area contributed by atoms with Crippen molar-refractivity contribution in [2.24, 2.45) is 0 Å². The Morgan fingerprint density at radius 2 is 1.90 bits per heavy atom. The highest BCUT2D eigenvalue weighted by Crippen LogP contribution is 2.31. The molecule has 31 heavy (non-hydrogen) atoms. The molecular weight excluding hydrogens is 438 g/mol. The Bertz CT molecular complexity index is 1250. The van der Waals surface area contributed by atoms with Crippen molar-refractivity contribution in [2.75, 3.05) is 25.3 Å². The molecule has 1 N–H and O–H groups in total. The normalized spacial score (nSPS) is 10.8. The zero-order valence-corrected chi connectivity index (χ0v) is 18.3. The molecule has 0 unspecified atom stereocenters. The van der Waals surface area contributed by atoms with E-state index in [1.807, 2.05) is 18.2 Å². The first kappa shape index (κ1) is 21.0. The molecule has 10 heteroatoms. The fourth-order valence-electron chi connectivity index (χ4n) is 2.91. The summed E-state index contributed by atoms with van der Waals surface area (Å²) in [6, 6.07) is 16.1. The van der Waals surface area contributed by atoms with Crippen molar-refractivity contribution < 1.29 is 14.3 Å². The van der Waals surface area contributed by atoms with Gasteiger partial charge in [0.15, 0.2) is 23.0 Å². The van der Waals surface area contributed by atoms with Crippen molar-refractivity contribution in [1.29, 1.82) is 0 Å². The molecule has 4 aromatic rings. The van der Waals surface area contributed by atoms with Crippen LogP contribution in [0.1, 0.15) is 0 Å². The van der Waals surface area contributed by atoms with Gasteiger partial charge in [0.25, 0.3) is 0 Å². The summed E-state index contributed by atoms with van der Waals surface area (Å²) in [4.78, 5) is 12.3. The summed E-state index contributed by atoms with van der Waals surface area (Å²) in [6.45, 7) is 0. The van der Waals surface area contributed by atoms with Crippen LogP contribution in [0.15, 0.2) is 59.6 Å². The first-order chi connectivity index (χ1) is 15.1. The molecule has 4 rings (SSSR count). The summed E-state index contributed by atoms with van der Waals surface area (Å²) in [7, 11) is 3.16. The van der Waals surface area contributed by atoms with Gasteiger partial charge >= 0.3 is 0 Å². The van der Waals surface area contributed by atoms with Gasteiger partial charge in [0.1, 0.15) is 5.03 Å². The van der Waals surface area contributed by atoms with Crippen LogP contribution in [0.4, 0.5) is 5.69 Å². The van der Waals surface area contributed by atoms with Crippen molar-refractivity contribution in [1.82, 2.24) is 19.8 Å². The number of methoxy groups -OCH3 is 2. The van der Waals surface area contributed by atoms with Crippen LogP contribution < -0.4 is 14.8 Å². The Balaban J connectivity index is 1.52. The number of nitrogens with zero attached hydrogens (tertiary/aromatic N) is 4. The molecule has 0 atom stereocenters. The van der Waals surface area contributed by atoms with Crippen molar-refractivity contribution in [2.45, 2.75) is 5.03 Å². The molecule has 8 nitrogen and oxygen atoms in total. The van der Waals surface area contributed by atoms with Crippen molar-refractivity contribution in [3.05, 3.63) is 59.6 Å². The monoisotopic (exact) mass is 455 g/mol. The molecule has 2 aromatic heterocycles. The number of thioether (sulfide) groups is 1. The average molecular weight is 456 g/mol. The number of nitrogens with one attached hydrogen (secondary N) is 1. The molecule has 0 bridgehead atoms. The minimum atomic E-state index is -0.155. The van der Waals surface area contributed by atoms with Gasteiger partial charge in [-0.05, 0) is 48.5 Å². The number of hydrogen-bond acceptors (Lipinski definition) is 7. The lowest BCUT2D eigenvalue weighted by molar-refractivity contribution is -0.113. The highest BCUT2D eigenvalue weighted by Gasteiger charge is 2.14. The summed E-state index contributed by atoms with van der Waals surface area (Å²) in [5.74, 6) is 1.80. The average Bonchev–Trinajstić information content (AvgIpc) is 3.20. The van der Waals surface area contributed by atoms with E-state index in [2.05, 4.69) is 20.6 Å². The van der Waals surface area contributed by atoms with E-state index in [0.29, 0.717) is 38.7 Å². The molecule has 0 aliphatic rings. The topological polar surface area (TPSA) is 90.6 Å². The highest BCUT2D eigenvalue weighted by molar-refractivity contribution is 7.99. The van der Waals surface area contributed by atoms with Crippen LogP contribution in [0.3, 0.4) is 0 Å². The SMILES string of the molecule is COc1ccc(-c2nnc3ccc(SCC(=O)Nc4cccc(Cl)c4)nn23)cc1OC. The Morgan fingerprint density at radius 1 is 1.06 bits per heavy atom. The largest absolute Gasteiger partial charge is 0.493 e. The lowest BCUT2D eigenvalue weighted by Crippen LogP contribution is -2.14. The van der Waals surface area contributed by atoms with E-state index in [-0.39, 0.29) is 11.7 Å². The van der Waals surface area contributed by atoms with E-state index >= 15 is 0 Å². The van der Waals surface area contributed by atoms with Gasteiger partial charge in [-0.3, -0.25) is 4.79 Å². The van der Waals surface area contributed by atoms with Gasteiger partial charge < -0.3 is 14.8 Å². The fourth-order valence-corrected chi connectivity index (χ4v) is 3.75.